The van der Waals surface area contributed by atoms with E-state index in [4.69, 9.17) is 5.11 Å². The molecule has 1 aliphatic rings. The maximum atomic E-state index is 13.1. The molecule has 1 N–H and O–H groups in total. The summed E-state index contributed by atoms with van der Waals surface area (Å²) in [4.78, 5) is 12.3. The van der Waals surface area contributed by atoms with Crippen molar-refractivity contribution in [2.75, 3.05) is 31.1 Å². The van der Waals surface area contributed by atoms with Gasteiger partial charge in [-0.05, 0) is 12.8 Å². The zero-order valence-electron chi connectivity index (χ0n) is 19.1. The molecule has 31 heavy (non-hydrogen) atoms. The highest BCUT2D eigenvalue weighted by Crippen LogP contribution is 2.27. The highest BCUT2D eigenvalue weighted by atomic mass is 32.2. The molecule has 0 unspecified atom stereocenters. The third kappa shape index (κ3) is 16.5. The SMILES string of the molecule is O=C(O)CCCCCCCCCCCCCCCS(=O)(=O)CCN1CCC(F)(F)CC1. The van der Waals surface area contributed by atoms with E-state index in [2.05, 4.69) is 0 Å². The van der Waals surface area contributed by atoms with Gasteiger partial charge in [-0.25, -0.2) is 17.2 Å². The fourth-order valence-electron chi connectivity index (χ4n) is 4.02. The summed E-state index contributed by atoms with van der Waals surface area (Å²) >= 11 is 0. The number of halogens is 2. The highest BCUT2D eigenvalue weighted by molar-refractivity contribution is 7.91. The molecule has 0 bridgehead atoms. The number of likely N-dealkylation sites (tertiary alicyclic amines) is 1. The van der Waals surface area contributed by atoms with Crippen LogP contribution in [0.25, 0.3) is 0 Å². The smallest absolute Gasteiger partial charge is 0.303 e. The van der Waals surface area contributed by atoms with E-state index in [1.54, 1.807) is 0 Å². The number of piperidine rings is 1. The Morgan fingerprint density at radius 2 is 1.16 bits per heavy atom. The predicted molar refractivity (Wildman–Crippen MR) is 122 cm³/mol. The summed E-state index contributed by atoms with van der Waals surface area (Å²) in [6.07, 6.45) is 14.1. The van der Waals surface area contributed by atoms with E-state index in [0.717, 1.165) is 38.5 Å². The molecule has 1 rings (SSSR count). The Morgan fingerprint density at radius 1 is 0.742 bits per heavy atom. The molecule has 1 fully saturated rings. The number of nitrogens with zero attached hydrogens (tertiary/aromatic N) is 1. The predicted octanol–water partition coefficient (Wildman–Crippen LogP) is 5.68. The topological polar surface area (TPSA) is 74.7 Å². The molecular weight excluding hydrogens is 424 g/mol. The molecule has 8 heteroatoms. The second kappa shape index (κ2) is 15.9. The highest BCUT2D eigenvalue weighted by Gasteiger charge is 2.34. The van der Waals surface area contributed by atoms with Gasteiger partial charge in [-0.15, -0.1) is 0 Å². The standard InChI is InChI=1S/C23H43F2NO4S/c24-23(25)15-17-26(18-16-23)19-21-31(29,30)20-13-11-9-7-5-3-1-2-4-6-8-10-12-14-22(27)28/h1-21H2,(H,27,28). The summed E-state index contributed by atoms with van der Waals surface area (Å²) in [7, 11) is -3.09. The molecule has 184 valence electrons. The minimum Gasteiger partial charge on any atom is -0.481 e. The second-order valence-corrected chi connectivity index (χ2v) is 11.4. The lowest BCUT2D eigenvalue weighted by molar-refractivity contribution is -0.137. The summed E-state index contributed by atoms with van der Waals surface area (Å²) in [6, 6.07) is 0. The van der Waals surface area contributed by atoms with Crippen molar-refractivity contribution in [1.82, 2.24) is 4.90 Å². The lowest BCUT2D eigenvalue weighted by atomic mass is 10.0. The van der Waals surface area contributed by atoms with Gasteiger partial charge in [-0.3, -0.25) is 4.79 Å². The molecule has 0 radical (unpaired) electrons. The molecule has 0 aromatic carbocycles. The van der Waals surface area contributed by atoms with Gasteiger partial charge in [0, 0.05) is 38.9 Å². The zero-order chi connectivity index (χ0) is 23.0. The van der Waals surface area contributed by atoms with Crippen LogP contribution in [0.3, 0.4) is 0 Å². The van der Waals surface area contributed by atoms with Crippen LogP contribution in [0.2, 0.25) is 0 Å². The van der Waals surface area contributed by atoms with Crippen molar-refractivity contribution >= 4 is 15.8 Å². The number of carbonyl (C=O) groups is 1. The van der Waals surface area contributed by atoms with Crippen LogP contribution in [0.15, 0.2) is 0 Å². The van der Waals surface area contributed by atoms with Crippen LogP contribution in [0.1, 0.15) is 103 Å². The van der Waals surface area contributed by atoms with E-state index in [0.29, 0.717) is 13.0 Å². The van der Waals surface area contributed by atoms with Crippen LogP contribution < -0.4 is 0 Å². The Balaban J connectivity index is 1.86. The van der Waals surface area contributed by atoms with E-state index >= 15 is 0 Å². The van der Waals surface area contributed by atoms with Crippen LogP contribution in [0.5, 0.6) is 0 Å². The Morgan fingerprint density at radius 3 is 1.61 bits per heavy atom. The van der Waals surface area contributed by atoms with Crippen molar-refractivity contribution in [3.05, 3.63) is 0 Å². The average molecular weight is 468 g/mol. The van der Waals surface area contributed by atoms with Gasteiger partial charge in [0.15, 0.2) is 9.84 Å². The first kappa shape index (κ1) is 28.3. The summed E-state index contributed by atoms with van der Waals surface area (Å²) in [5, 5.41) is 8.57. The lowest BCUT2D eigenvalue weighted by Crippen LogP contribution is -2.41. The van der Waals surface area contributed by atoms with Crippen molar-refractivity contribution in [1.29, 1.82) is 0 Å². The maximum absolute atomic E-state index is 13.1. The van der Waals surface area contributed by atoms with E-state index in [1.807, 2.05) is 4.90 Å². The number of hydrogen-bond donors (Lipinski definition) is 1. The van der Waals surface area contributed by atoms with Crippen LogP contribution in [0.4, 0.5) is 8.78 Å². The van der Waals surface area contributed by atoms with Gasteiger partial charge in [0.25, 0.3) is 5.92 Å². The molecule has 0 amide bonds. The summed E-state index contributed by atoms with van der Waals surface area (Å²) < 4.78 is 50.6. The van der Waals surface area contributed by atoms with Gasteiger partial charge in [0.05, 0.1) is 11.5 Å². The first-order valence-corrected chi connectivity index (χ1v) is 14.0. The van der Waals surface area contributed by atoms with Crippen LogP contribution in [0, 0.1) is 0 Å². The Hall–Kier alpha value is -0.760. The molecule has 1 heterocycles. The molecule has 0 saturated carbocycles. The first-order chi connectivity index (χ1) is 14.7. The van der Waals surface area contributed by atoms with E-state index in [1.165, 1.54) is 38.5 Å². The normalized spacial score (nSPS) is 17.1. The molecular formula is C23H43F2NO4S. The number of alkyl halides is 2. The molecule has 1 saturated heterocycles. The Labute approximate surface area is 187 Å². The van der Waals surface area contributed by atoms with Gasteiger partial charge >= 0.3 is 5.97 Å². The number of sulfone groups is 1. The minimum atomic E-state index is -3.09. The van der Waals surface area contributed by atoms with E-state index in [-0.39, 0.29) is 43.9 Å². The molecule has 0 aromatic rings. The fourth-order valence-corrected chi connectivity index (χ4v) is 5.40. The average Bonchev–Trinajstić information content (AvgIpc) is 2.70. The molecule has 0 atom stereocenters. The summed E-state index contributed by atoms with van der Waals surface area (Å²) in [6.45, 7) is 0.950. The Bertz CT molecular complexity index is 574. The molecule has 0 spiro atoms. The zero-order valence-corrected chi connectivity index (χ0v) is 19.9. The number of aliphatic carboxylic acids is 1. The van der Waals surface area contributed by atoms with E-state index in [9.17, 15) is 22.0 Å². The third-order valence-corrected chi connectivity index (χ3v) is 7.87. The van der Waals surface area contributed by atoms with Crippen LogP contribution in [-0.4, -0.2) is 61.5 Å². The molecule has 0 aromatic heterocycles. The van der Waals surface area contributed by atoms with Gasteiger partial charge in [0.1, 0.15) is 0 Å². The van der Waals surface area contributed by atoms with Gasteiger partial charge in [0.2, 0.25) is 0 Å². The third-order valence-electron chi connectivity index (χ3n) is 6.15. The molecule has 1 aliphatic heterocycles. The van der Waals surface area contributed by atoms with Crippen molar-refractivity contribution in [2.24, 2.45) is 0 Å². The number of hydrogen-bond acceptors (Lipinski definition) is 4. The summed E-state index contributed by atoms with van der Waals surface area (Å²) in [5.74, 6) is -2.99. The first-order valence-electron chi connectivity index (χ1n) is 12.2. The van der Waals surface area contributed by atoms with Gasteiger partial charge in [-0.1, -0.05) is 70.6 Å². The second-order valence-electron chi connectivity index (χ2n) is 9.09. The fraction of sp³-hybridized carbons (Fsp3) is 0.957. The summed E-state index contributed by atoms with van der Waals surface area (Å²) in [5.41, 5.74) is 0. The van der Waals surface area contributed by atoms with Gasteiger partial charge < -0.3 is 10.0 Å². The number of carboxylic acids is 1. The van der Waals surface area contributed by atoms with Crippen molar-refractivity contribution in [3.63, 3.8) is 0 Å². The monoisotopic (exact) mass is 467 g/mol. The Kier molecular flexibility index (Phi) is 14.5. The minimum absolute atomic E-state index is 0.0815. The van der Waals surface area contributed by atoms with Gasteiger partial charge in [-0.2, -0.15) is 0 Å². The molecule has 5 nitrogen and oxygen atoms in total. The number of carboxylic acid groups (broad SMARTS) is 1. The lowest BCUT2D eigenvalue weighted by Gasteiger charge is -2.31. The van der Waals surface area contributed by atoms with Crippen LogP contribution in [-0.2, 0) is 14.6 Å². The largest absolute Gasteiger partial charge is 0.481 e. The number of rotatable bonds is 19. The maximum Gasteiger partial charge on any atom is 0.303 e. The van der Waals surface area contributed by atoms with Crippen molar-refractivity contribution in [2.45, 2.75) is 109 Å². The van der Waals surface area contributed by atoms with Crippen molar-refractivity contribution in [3.8, 4) is 0 Å². The number of unbranched alkanes of at least 4 members (excludes halogenated alkanes) is 12. The van der Waals surface area contributed by atoms with E-state index < -0.39 is 21.7 Å². The molecule has 0 aliphatic carbocycles. The van der Waals surface area contributed by atoms with Crippen molar-refractivity contribution < 1.29 is 27.1 Å². The van der Waals surface area contributed by atoms with Crippen LogP contribution >= 0.6 is 0 Å². The quantitative estimate of drug-likeness (QED) is 0.247.